The van der Waals surface area contributed by atoms with Crippen LogP contribution in [0.4, 0.5) is 0 Å². The number of Topliss-reactive ketones (excluding diaryl/α,β-unsaturated/α-hetero) is 1. The normalized spacial score (nSPS) is 11.2. The molecule has 1 aromatic rings. The summed E-state index contributed by atoms with van der Waals surface area (Å²) < 4.78 is -0.502. The summed E-state index contributed by atoms with van der Waals surface area (Å²) in [6.07, 6.45) is 0. The monoisotopic (exact) mass is 266 g/mol. The largest absolute Gasteiger partial charge is 0.293 e. The van der Waals surface area contributed by atoms with E-state index in [2.05, 4.69) is 22.5 Å². The van der Waals surface area contributed by atoms with Crippen LogP contribution in [0.15, 0.2) is 30.8 Å². The molecule has 1 rings (SSSR count). The van der Waals surface area contributed by atoms with Crippen LogP contribution in [0.1, 0.15) is 36.7 Å². The molecule has 0 unspecified atom stereocenters. The molecule has 0 bridgehead atoms. The first kappa shape index (κ1) is 12.2. The molecule has 0 aliphatic heterocycles. The lowest BCUT2D eigenvalue weighted by atomic mass is 9.98. The van der Waals surface area contributed by atoms with Gasteiger partial charge in [-0.15, -0.1) is 0 Å². The van der Waals surface area contributed by atoms with Gasteiger partial charge >= 0.3 is 0 Å². The third-order valence-electron chi connectivity index (χ3n) is 2.18. The summed E-state index contributed by atoms with van der Waals surface area (Å²) in [5, 5.41) is 0. The van der Waals surface area contributed by atoms with E-state index in [-0.39, 0.29) is 5.78 Å². The molecule has 0 aliphatic rings. The lowest BCUT2D eigenvalue weighted by molar-refractivity contribution is 0.0961. The molecule has 0 aromatic heterocycles. The highest BCUT2D eigenvalue weighted by molar-refractivity contribution is 9.10. The van der Waals surface area contributed by atoms with Crippen molar-refractivity contribution in [2.75, 3.05) is 0 Å². The summed E-state index contributed by atoms with van der Waals surface area (Å²) in [4.78, 5) is 11.9. The van der Waals surface area contributed by atoms with Crippen molar-refractivity contribution in [3.63, 3.8) is 0 Å². The van der Waals surface area contributed by atoms with Crippen molar-refractivity contribution < 1.29 is 4.79 Å². The molecule has 0 heterocycles. The van der Waals surface area contributed by atoms with Crippen molar-refractivity contribution in [3.05, 3.63) is 42.0 Å². The molecule has 0 fully saturated rings. The van der Waals surface area contributed by atoms with Gasteiger partial charge in [0.1, 0.15) is 0 Å². The van der Waals surface area contributed by atoms with Crippen molar-refractivity contribution in [2.24, 2.45) is 0 Å². The lowest BCUT2D eigenvalue weighted by Crippen LogP contribution is -2.23. The van der Waals surface area contributed by atoms with Gasteiger partial charge in [0.05, 0.1) is 4.32 Å². The first-order valence-electron chi connectivity index (χ1n) is 4.82. The van der Waals surface area contributed by atoms with Gasteiger partial charge in [-0.3, -0.25) is 4.79 Å². The molecule has 15 heavy (non-hydrogen) atoms. The molecule has 0 N–H and O–H groups in total. The van der Waals surface area contributed by atoms with E-state index in [1.54, 1.807) is 0 Å². The SMILES string of the molecule is C=C(C)c1ccc(C(=O)C(C)(C)Br)cc1. The maximum atomic E-state index is 11.9. The van der Waals surface area contributed by atoms with Gasteiger partial charge in [-0.2, -0.15) is 0 Å². The Morgan fingerprint density at radius 1 is 1.20 bits per heavy atom. The van der Waals surface area contributed by atoms with E-state index in [0.29, 0.717) is 0 Å². The Hall–Kier alpha value is -0.890. The topological polar surface area (TPSA) is 17.1 Å². The number of ketones is 1. The van der Waals surface area contributed by atoms with E-state index >= 15 is 0 Å². The van der Waals surface area contributed by atoms with E-state index in [1.165, 1.54) is 0 Å². The minimum atomic E-state index is -0.502. The molecule has 0 spiro atoms. The third kappa shape index (κ3) is 3.03. The summed E-state index contributed by atoms with van der Waals surface area (Å²) >= 11 is 3.36. The number of carbonyl (C=O) groups is 1. The van der Waals surface area contributed by atoms with Crippen LogP contribution in [0.3, 0.4) is 0 Å². The molecule has 1 aromatic carbocycles. The number of hydrogen-bond donors (Lipinski definition) is 0. The summed E-state index contributed by atoms with van der Waals surface area (Å²) in [5.41, 5.74) is 2.80. The molecule has 0 saturated carbocycles. The Morgan fingerprint density at radius 2 is 1.60 bits per heavy atom. The van der Waals surface area contributed by atoms with E-state index in [9.17, 15) is 4.79 Å². The summed E-state index contributed by atoms with van der Waals surface area (Å²) in [7, 11) is 0. The number of halogens is 1. The van der Waals surface area contributed by atoms with Crippen molar-refractivity contribution >= 4 is 27.3 Å². The molecule has 0 atom stereocenters. The molecule has 0 aliphatic carbocycles. The molecule has 0 saturated heterocycles. The second-order valence-corrected chi connectivity index (χ2v) is 6.14. The third-order valence-corrected chi connectivity index (χ3v) is 2.54. The second-order valence-electron chi connectivity index (χ2n) is 4.16. The fourth-order valence-corrected chi connectivity index (χ4v) is 1.48. The maximum Gasteiger partial charge on any atom is 0.178 e. The van der Waals surface area contributed by atoms with Crippen molar-refractivity contribution in [1.29, 1.82) is 0 Å². The number of allylic oxidation sites excluding steroid dienone is 1. The Labute approximate surface area is 99.3 Å². The first-order chi connectivity index (χ1) is 6.82. The van der Waals surface area contributed by atoms with Gasteiger partial charge in [-0.25, -0.2) is 0 Å². The molecule has 0 amide bonds. The van der Waals surface area contributed by atoms with Crippen molar-refractivity contribution in [3.8, 4) is 0 Å². The molecular weight excluding hydrogens is 252 g/mol. The zero-order chi connectivity index (χ0) is 11.6. The van der Waals surface area contributed by atoms with Gasteiger partial charge in [-0.1, -0.05) is 52.3 Å². The lowest BCUT2D eigenvalue weighted by Gasteiger charge is -2.14. The number of carbonyl (C=O) groups excluding carboxylic acids is 1. The fraction of sp³-hybridized carbons (Fsp3) is 0.308. The Kier molecular flexibility index (Phi) is 3.50. The molecule has 1 nitrogen and oxygen atoms in total. The molecule has 0 radical (unpaired) electrons. The average Bonchev–Trinajstić information content (AvgIpc) is 2.15. The standard InChI is InChI=1S/C13H15BrO/c1-9(2)10-5-7-11(8-6-10)12(15)13(3,4)14/h5-8H,1H2,2-4H3. The summed E-state index contributed by atoms with van der Waals surface area (Å²) in [6, 6.07) is 7.54. The smallest absolute Gasteiger partial charge is 0.178 e. The Morgan fingerprint density at radius 3 is 1.93 bits per heavy atom. The fourth-order valence-electron chi connectivity index (χ4n) is 1.25. The van der Waals surface area contributed by atoms with E-state index in [1.807, 2.05) is 45.0 Å². The highest BCUT2D eigenvalue weighted by Gasteiger charge is 2.24. The van der Waals surface area contributed by atoms with Crippen molar-refractivity contribution in [1.82, 2.24) is 0 Å². The molecule has 2 heteroatoms. The highest BCUT2D eigenvalue weighted by Crippen LogP contribution is 2.23. The predicted molar refractivity (Wildman–Crippen MR) is 68.5 cm³/mol. The van der Waals surface area contributed by atoms with Gasteiger partial charge in [0, 0.05) is 5.56 Å². The van der Waals surface area contributed by atoms with Crippen LogP contribution in [0.5, 0.6) is 0 Å². The number of benzene rings is 1. The van der Waals surface area contributed by atoms with Crippen LogP contribution in [0.25, 0.3) is 5.57 Å². The van der Waals surface area contributed by atoms with Crippen molar-refractivity contribution in [2.45, 2.75) is 25.1 Å². The predicted octanol–water partition coefficient (Wildman–Crippen LogP) is 4.08. The summed E-state index contributed by atoms with van der Waals surface area (Å²) in [6.45, 7) is 9.50. The number of hydrogen-bond acceptors (Lipinski definition) is 1. The molecule has 80 valence electrons. The van der Waals surface area contributed by atoms with Gasteiger partial charge in [-0.05, 0) is 26.3 Å². The second kappa shape index (κ2) is 4.31. The summed E-state index contributed by atoms with van der Waals surface area (Å²) in [5.74, 6) is 0.0933. The number of rotatable bonds is 3. The first-order valence-corrected chi connectivity index (χ1v) is 5.61. The minimum Gasteiger partial charge on any atom is -0.293 e. The van der Waals surface area contributed by atoms with Gasteiger partial charge in [0.25, 0.3) is 0 Å². The van der Waals surface area contributed by atoms with Crippen LogP contribution in [0.2, 0.25) is 0 Å². The van der Waals surface area contributed by atoms with Gasteiger partial charge in [0.2, 0.25) is 0 Å². The zero-order valence-corrected chi connectivity index (χ0v) is 10.9. The minimum absolute atomic E-state index is 0.0933. The Bertz CT molecular complexity index is 382. The van der Waals surface area contributed by atoms with Crippen LogP contribution in [-0.2, 0) is 0 Å². The zero-order valence-electron chi connectivity index (χ0n) is 9.30. The van der Waals surface area contributed by atoms with E-state index in [0.717, 1.165) is 16.7 Å². The van der Waals surface area contributed by atoms with Crippen LogP contribution < -0.4 is 0 Å². The van der Waals surface area contributed by atoms with Crippen LogP contribution in [0, 0.1) is 0 Å². The van der Waals surface area contributed by atoms with Gasteiger partial charge < -0.3 is 0 Å². The Balaban J connectivity index is 3.00. The van der Waals surface area contributed by atoms with E-state index in [4.69, 9.17) is 0 Å². The van der Waals surface area contributed by atoms with E-state index < -0.39 is 4.32 Å². The highest BCUT2D eigenvalue weighted by atomic mass is 79.9. The molecular formula is C13H15BrO. The van der Waals surface area contributed by atoms with Crippen LogP contribution >= 0.6 is 15.9 Å². The number of alkyl halides is 1. The van der Waals surface area contributed by atoms with Crippen LogP contribution in [-0.4, -0.2) is 10.1 Å². The maximum absolute atomic E-state index is 11.9. The average molecular weight is 267 g/mol. The quantitative estimate of drug-likeness (QED) is 0.595. The van der Waals surface area contributed by atoms with Gasteiger partial charge in [0.15, 0.2) is 5.78 Å².